The number of hydrogen-bond acceptors (Lipinski definition) is 2. The summed E-state index contributed by atoms with van der Waals surface area (Å²) in [6.45, 7) is 22.7. The second kappa shape index (κ2) is 8.96. The standard InChI is InChI=1S/C37H54O2/c1-24-16-19-34(5)22-23-36(7)27(31(34)25(24)2)14-15-29-35(6)20-18-30(39-32(38)26-12-10-9-11-13-26)33(3,4)28(35)17-21-37(29,36)8/h9-13,25,27-31H,1,14-23H2,2-8H3/t25-,27-,28+,29-,30+,31-,34-,35+,36-,37-/m1/s1. The lowest BCUT2D eigenvalue weighted by molar-refractivity contribution is -0.251. The predicted octanol–water partition coefficient (Wildman–Crippen LogP) is 9.89. The first-order valence-corrected chi connectivity index (χ1v) is 16.2. The minimum atomic E-state index is -0.153. The molecule has 0 aliphatic heterocycles. The van der Waals surface area contributed by atoms with Crippen LogP contribution < -0.4 is 0 Å². The van der Waals surface area contributed by atoms with Crippen LogP contribution in [0.5, 0.6) is 0 Å². The number of rotatable bonds is 2. The molecule has 5 aliphatic carbocycles. The molecule has 5 saturated carbocycles. The molecule has 0 amide bonds. The van der Waals surface area contributed by atoms with Gasteiger partial charge in [0.25, 0.3) is 0 Å². The zero-order chi connectivity index (χ0) is 28.0. The molecule has 10 atom stereocenters. The van der Waals surface area contributed by atoms with Gasteiger partial charge in [-0.25, -0.2) is 4.79 Å². The number of benzene rings is 1. The molecule has 1 aromatic rings. The first-order chi connectivity index (χ1) is 18.3. The Morgan fingerprint density at radius 1 is 0.821 bits per heavy atom. The fraction of sp³-hybridized carbons (Fsp3) is 0.757. The summed E-state index contributed by atoms with van der Waals surface area (Å²) >= 11 is 0. The van der Waals surface area contributed by atoms with Crippen molar-refractivity contribution in [3.05, 3.63) is 48.0 Å². The lowest BCUT2D eigenvalue weighted by Crippen LogP contribution is -2.67. The molecule has 0 heterocycles. The average Bonchev–Trinajstić information content (AvgIpc) is 2.89. The van der Waals surface area contributed by atoms with E-state index in [2.05, 4.69) is 55.0 Å². The Balaban J connectivity index is 1.28. The molecule has 0 radical (unpaired) electrons. The van der Waals surface area contributed by atoms with Crippen molar-refractivity contribution >= 4 is 5.97 Å². The van der Waals surface area contributed by atoms with Gasteiger partial charge in [-0.2, -0.15) is 0 Å². The number of carbonyl (C=O) groups is 1. The van der Waals surface area contributed by atoms with E-state index in [0.717, 1.165) is 24.2 Å². The Labute approximate surface area is 238 Å². The zero-order valence-corrected chi connectivity index (χ0v) is 25.9. The monoisotopic (exact) mass is 530 g/mol. The van der Waals surface area contributed by atoms with Crippen LogP contribution in [-0.2, 0) is 4.74 Å². The van der Waals surface area contributed by atoms with Crippen molar-refractivity contribution in [2.24, 2.45) is 56.7 Å². The van der Waals surface area contributed by atoms with Gasteiger partial charge in [-0.3, -0.25) is 0 Å². The molecular weight excluding hydrogens is 476 g/mol. The summed E-state index contributed by atoms with van der Waals surface area (Å²) in [4.78, 5) is 13.1. The molecule has 0 N–H and O–H groups in total. The molecule has 0 spiro atoms. The quantitative estimate of drug-likeness (QED) is 0.281. The highest BCUT2D eigenvalue weighted by Crippen LogP contribution is 2.77. The third kappa shape index (κ3) is 3.74. The van der Waals surface area contributed by atoms with Gasteiger partial charge in [0.1, 0.15) is 6.10 Å². The van der Waals surface area contributed by atoms with Gasteiger partial charge >= 0.3 is 5.97 Å². The van der Waals surface area contributed by atoms with E-state index < -0.39 is 0 Å². The molecule has 214 valence electrons. The van der Waals surface area contributed by atoms with E-state index in [1.54, 1.807) is 0 Å². The maximum atomic E-state index is 13.1. The van der Waals surface area contributed by atoms with E-state index >= 15 is 0 Å². The highest BCUT2D eigenvalue weighted by atomic mass is 16.5. The van der Waals surface area contributed by atoms with E-state index in [9.17, 15) is 4.79 Å². The molecule has 6 rings (SSSR count). The SMILES string of the molecule is C=C1CC[C@]2(C)CC[C@]3(C)[C@H](CC[C@@H]4[C@@]5(C)CC[C@H](OC(=O)c6ccccc6)C(C)(C)[C@@H]5CC[C@]43C)[C@H]2[C@@H]1C. The van der Waals surface area contributed by atoms with Crippen LogP contribution in [-0.4, -0.2) is 12.1 Å². The average molecular weight is 531 g/mol. The van der Waals surface area contributed by atoms with Crippen molar-refractivity contribution in [1.82, 2.24) is 0 Å². The maximum absolute atomic E-state index is 13.1. The van der Waals surface area contributed by atoms with Gasteiger partial charge < -0.3 is 4.74 Å². The summed E-state index contributed by atoms with van der Waals surface area (Å²) in [5, 5.41) is 0. The lowest BCUT2D eigenvalue weighted by atomic mass is 9.31. The van der Waals surface area contributed by atoms with Gasteiger partial charge in [0, 0.05) is 5.41 Å². The van der Waals surface area contributed by atoms with Crippen molar-refractivity contribution in [1.29, 1.82) is 0 Å². The fourth-order valence-electron chi connectivity index (χ4n) is 12.3. The van der Waals surface area contributed by atoms with Gasteiger partial charge in [0.15, 0.2) is 0 Å². The highest BCUT2D eigenvalue weighted by molar-refractivity contribution is 5.89. The van der Waals surface area contributed by atoms with Crippen LogP contribution in [0.3, 0.4) is 0 Å². The summed E-state index contributed by atoms with van der Waals surface area (Å²) in [6.07, 6.45) is 12.9. The first-order valence-electron chi connectivity index (χ1n) is 16.2. The number of hydrogen-bond donors (Lipinski definition) is 0. The van der Waals surface area contributed by atoms with E-state index in [4.69, 9.17) is 4.74 Å². The van der Waals surface area contributed by atoms with Crippen LogP contribution in [0, 0.1) is 56.7 Å². The van der Waals surface area contributed by atoms with E-state index in [0.29, 0.717) is 39.1 Å². The van der Waals surface area contributed by atoms with Crippen LogP contribution in [0.25, 0.3) is 0 Å². The number of allylic oxidation sites excluding steroid dienone is 1. The second-order valence-corrected chi connectivity index (χ2v) is 16.4. The summed E-state index contributed by atoms with van der Waals surface area (Å²) in [5.74, 6) is 3.47. The minimum absolute atomic E-state index is 0.0101. The van der Waals surface area contributed by atoms with Gasteiger partial charge in [0.05, 0.1) is 5.56 Å². The van der Waals surface area contributed by atoms with Gasteiger partial charge in [-0.1, -0.05) is 78.8 Å². The summed E-state index contributed by atoms with van der Waals surface area (Å²) < 4.78 is 6.30. The number of fused-ring (bicyclic) bond motifs is 7. The van der Waals surface area contributed by atoms with Crippen molar-refractivity contribution < 1.29 is 9.53 Å². The molecule has 2 nitrogen and oxygen atoms in total. The predicted molar refractivity (Wildman–Crippen MR) is 160 cm³/mol. The Morgan fingerprint density at radius 3 is 2.26 bits per heavy atom. The topological polar surface area (TPSA) is 26.3 Å². The van der Waals surface area contributed by atoms with Crippen molar-refractivity contribution in [3.8, 4) is 0 Å². The molecule has 5 aliphatic rings. The molecule has 2 heteroatoms. The normalized spacial score (nSPS) is 48.6. The number of esters is 1. The molecule has 5 fully saturated rings. The van der Waals surface area contributed by atoms with Crippen LogP contribution in [0.1, 0.15) is 123 Å². The third-order valence-corrected chi connectivity index (χ3v) is 14.8. The molecular formula is C37H54O2. The molecule has 1 aromatic carbocycles. The molecule has 0 saturated heterocycles. The van der Waals surface area contributed by atoms with Crippen LogP contribution in [0.2, 0.25) is 0 Å². The zero-order valence-electron chi connectivity index (χ0n) is 25.9. The van der Waals surface area contributed by atoms with Crippen molar-refractivity contribution in [3.63, 3.8) is 0 Å². The first kappa shape index (κ1) is 27.6. The van der Waals surface area contributed by atoms with E-state index in [1.807, 2.05) is 30.3 Å². The fourth-order valence-corrected chi connectivity index (χ4v) is 12.3. The molecule has 0 aromatic heterocycles. The summed E-state index contributed by atoms with van der Waals surface area (Å²) in [5.41, 5.74) is 3.77. The Morgan fingerprint density at radius 2 is 1.54 bits per heavy atom. The highest BCUT2D eigenvalue weighted by Gasteiger charge is 2.70. The molecule has 0 bridgehead atoms. The minimum Gasteiger partial charge on any atom is -0.458 e. The molecule has 0 unspecified atom stereocenters. The largest absolute Gasteiger partial charge is 0.458 e. The van der Waals surface area contributed by atoms with E-state index in [-0.39, 0.29) is 17.5 Å². The molecule has 39 heavy (non-hydrogen) atoms. The summed E-state index contributed by atoms with van der Waals surface area (Å²) in [7, 11) is 0. The van der Waals surface area contributed by atoms with Crippen LogP contribution >= 0.6 is 0 Å². The Bertz CT molecular complexity index is 1140. The third-order valence-electron chi connectivity index (χ3n) is 14.8. The second-order valence-electron chi connectivity index (χ2n) is 16.4. The Kier molecular flexibility index (Phi) is 6.34. The van der Waals surface area contributed by atoms with Gasteiger partial charge in [-0.05, 0) is 128 Å². The van der Waals surface area contributed by atoms with Crippen LogP contribution in [0.4, 0.5) is 0 Å². The van der Waals surface area contributed by atoms with Crippen LogP contribution in [0.15, 0.2) is 42.5 Å². The van der Waals surface area contributed by atoms with Gasteiger partial charge in [-0.15, -0.1) is 0 Å². The van der Waals surface area contributed by atoms with E-state index in [1.165, 1.54) is 63.4 Å². The number of carbonyl (C=O) groups excluding carboxylic acids is 1. The van der Waals surface area contributed by atoms with Gasteiger partial charge in [0.2, 0.25) is 0 Å². The summed E-state index contributed by atoms with van der Waals surface area (Å²) in [6, 6.07) is 9.57. The number of ether oxygens (including phenoxy) is 1. The van der Waals surface area contributed by atoms with Crippen molar-refractivity contribution in [2.75, 3.05) is 0 Å². The Hall–Kier alpha value is -1.57. The lowest BCUT2D eigenvalue weighted by Gasteiger charge is -2.73. The van der Waals surface area contributed by atoms with Crippen molar-refractivity contribution in [2.45, 2.75) is 119 Å². The maximum Gasteiger partial charge on any atom is 0.338 e. The smallest absolute Gasteiger partial charge is 0.338 e.